The Balaban J connectivity index is 1.92. The molecule has 0 fully saturated rings. The van der Waals surface area contributed by atoms with E-state index in [1.165, 1.54) is 0 Å². The summed E-state index contributed by atoms with van der Waals surface area (Å²) in [6.07, 6.45) is 2.65. The van der Waals surface area contributed by atoms with Gasteiger partial charge in [0.1, 0.15) is 5.75 Å². The van der Waals surface area contributed by atoms with Crippen LogP contribution >= 0.6 is 43.5 Å². The second-order valence-electron chi connectivity index (χ2n) is 5.97. The zero-order valence-corrected chi connectivity index (χ0v) is 18.6. The molecule has 140 valence electrons. The molecule has 4 nitrogen and oxygen atoms in total. The van der Waals surface area contributed by atoms with E-state index in [1.807, 2.05) is 25.1 Å². The zero-order valence-electron chi connectivity index (χ0n) is 14.6. The molecule has 0 aliphatic carbocycles. The van der Waals surface area contributed by atoms with Crippen molar-refractivity contribution in [3.8, 4) is 5.75 Å². The van der Waals surface area contributed by atoms with Crippen LogP contribution in [0.25, 0.3) is 6.08 Å². The molecule has 27 heavy (non-hydrogen) atoms. The van der Waals surface area contributed by atoms with Crippen LogP contribution in [0, 0.1) is 0 Å². The van der Waals surface area contributed by atoms with Crippen molar-refractivity contribution in [1.29, 1.82) is 0 Å². The third kappa shape index (κ3) is 4.62. The second kappa shape index (κ2) is 8.59. The third-order valence-electron chi connectivity index (χ3n) is 3.94. The lowest BCUT2D eigenvalue weighted by Gasteiger charge is -2.16. The third-order valence-corrected chi connectivity index (χ3v) is 5.45. The summed E-state index contributed by atoms with van der Waals surface area (Å²) in [6, 6.07) is 10.8. The van der Waals surface area contributed by atoms with E-state index >= 15 is 0 Å². The van der Waals surface area contributed by atoms with Gasteiger partial charge in [-0.1, -0.05) is 30.7 Å². The summed E-state index contributed by atoms with van der Waals surface area (Å²) in [5.41, 5.74) is 1.57. The summed E-state index contributed by atoms with van der Waals surface area (Å²) in [5.74, 6) is 0.407. The first kappa shape index (κ1) is 20.1. The normalized spacial score (nSPS) is 16.3. The van der Waals surface area contributed by atoms with Gasteiger partial charge < -0.3 is 9.47 Å². The highest BCUT2D eigenvalue weighted by Crippen LogP contribution is 2.36. The average Bonchev–Trinajstić information content (AvgIpc) is 2.98. The number of halogens is 3. The van der Waals surface area contributed by atoms with Gasteiger partial charge in [0.15, 0.2) is 5.70 Å². The van der Waals surface area contributed by atoms with Crippen molar-refractivity contribution in [1.82, 2.24) is 0 Å². The lowest BCUT2D eigenvalue weighted by atomic mass is 10.2. The Morgan fingerprint density at radius 3 is 2.56 bits per heavy atom. The topological polar surface area (TPSA) is 47.9 Å². The maximum atomic E-state index is 12.2. The van der Waals surface area contributed by atoms with Gasteiger partial charge in [0.05, 0.1) is 25.6 Å². The largest absolute Gasteiger partial charge is 0.488 e. The first-order valence-electron chi connectivity index (χ1n) is 8.32. The van der Waals surface area contributed by atoms with Crippen LogP contribution in [0.4, 0.5) is 0 Å². The van der Waals surface area contributed by atoms with Gasteiger partial charge in [-0.15, -0.1) is 0 Å². The molecule has 1 aliphatic rings. The number of hydrogen-bond acceptors (Lipinski definition) is 4. The number of esters is 1. The maximum absolute atomic E-state index is 12.2. The molecule has 0 radical (unpaired) electrons. The summed E-state index contributed by atoms with van der Waals surface area (Å²) in [5, 5.41) is 0.474. The molecule has 0 amide bonds. The lowest BCUT2D eigenvalue weighted by Crippen LogP contribution is -2.10. The summed E-state index contributed by atoms with van der Waals surface area (Å²) in [6.45, 7) is 4.07. The van der Waals surface area contributed by atoms with Crippen molar-refractivity contribution in [3.63, 3.8) is 0 Å². The minimum absolute atomic E-state index is 0.0920. The number of ether oxygens (including phenoxy) is 2. The fourth-order valence-corrected chi connectivity index (χ4v) is 4.00. The number of rotatable bonds is 5. The average molecular weight is 514 g/mol. The summed E-state index contributed by atoms with van der Waals surface area (Å²) >= 11 is 13.2. The molecule has 7 heteroatoms. The molecule has 1 aliphatic heterocycles. The maximum Gasteiger partial charge on any atom is 0.363 e. The Bertz CT molecular complexity index is 933. The Labute approximate surface area is 179 Å². The smallest absolute Gasteiger partial charge is 0.363 e. The zero-order chi connectivity index (χ0) is 19.6. The highest BCUT2D eigenvalue weighted by atomic mass is 79.9. The molecule has 1 heterocycles. The van der Waals surface area contributed by atoms with Gasteiger partial charge in [-0.25, -0.2) is 9.79 Å². The van der Waals surface area contributed by atoms with Crippen LogP contribution in [0.5, 0.6) is 5.75 Å². The molecule has 3 rings (SSSR count). The van der Waals surface area contributed by atoms with Gasteiger partial charge in [-0.2, -0.15) is 0 Å². The molecule has 0 spiro atoms. The van der Waals surface area contributed by atoms with E-state index in [-0.39, 0.29) is 17.7 Å². The van der Waals surface area contributed by atoms with Crippen LogP contribution in [0.2, 0.25) is 5.02 Å². The van der Waals surface area contributed by atoms with Crippen LogP contribution in [0.15, 0.2) is 56.0 Å². The van der Waals surface area contributed by atoms with Gasteiger partial charge >= 0.3 is 5.97 Å². The number of carbonyl (C=O) groups excluding carboxylic acids is 1. The molecule has 1 unspecified atom stereocenters. The van der Waals surface area contributed by atoms with E-state index in [0.717, 1.165) is 26.7 Å². The minimum Gasteiger partial charge on any atom is -0.488 e. The van der Waals surface area contributed by atoms with Gasteiger partial charge in [0.2, 0.25) is 5.90 Å². The van der Waals surface area contributed by atoms with Crippen LogP contribution in [0.3, 0.4) is 0 Å². The van der Waals surface area contributed by atoms with E-state index in [1.54, 1.807) is 24.3 Å². The van der Waals surface area contributed by atoms with Crippen molar-refractivity contribution in [2.24, 2.45) is 4.99 Å². The summed E-state index contributed by atoms with van der Waals surface area (Å²) < 4.78 is 12.8. The van der Waals surface area contributed by atoms with Crippen LogP contribution < -0.4 is 4.74 Å². The second-order valence-corrected chi connectivity index (χ2v) is 8.08. The van der Waals surface area contributed by atoms with Gasteiger partial charge in [0.25, 0.3) is 0 Å². The highest BCUT2D eigenvalue weighted by molar-refractivity contribution is 9.11. The van der Waals surface area contributed by atoms with E-state index in [2.05, 4.69) is 43.8 Å². The quantitative estimate of drug-likeness (QED) is 0.344. The number of nitrogens with zero attached hydrogens (tertiary/aromatic N) is 1. The van der Waals surface area contributed by atoms with E-state index in [9.17, 15) is 4.79 Å². The van der Waals surface area contributed by atoms with E-state index in [0.29, 0.717) is 10.6 Å². The molecule has 0 N–H and O–H groups in total. The fraction of sp³-hybridized carbons (Fsp3) is 0.200. The van der Waals surface area contributed by atoms with Crippen molar-refractivity contribution < 1.29 is 14.3 Å². The lowest BCUT2D eigenvalue weighted by molar-refractivity contribution is -0.129. The predicted octanol–water partition coefficient (Wildman–Crippen LogP) is 6.39. The van der Waals surface area contributed by atoms with E-state index in [4.69, 9.17) is 21.1 Å². The molecular formula is C20H16Br2ClNO3. The molecule has 0 saturated heterocycles. The van der Waals surface area contributed by atoms with Crippen molar-refractivity contribution in [3.05, 3.63) is 67.2 Å². The van der Waals surface area contributed by atoms with E-state index < -0.39 is 5.97 Å². The number of cyclic esters (lactones) is 1. The Hall–Kier alpha value is -1.63. The van der Waals surface area contributed by atoms with Crippen LogP contribution in [0.1, 0.15) is 31.4 Å². The predicted molar refractivity (Wildman–Crippen MR) is 114 cm³/mol. The highest BCUT2D eigenvalue weighted by Gasteiger charge is 2.25. The van der Waals surface area contributed by atoms with Crippen molar-refractivity contribution in [2.75, 3.05) is 0 Å². The number of benzene rings is 2. The molecule has 2 aromatic carbocycles. The van der Waals surface area contributed by atoms with Crippen LogP contribution in [-0.4, -0.2) is 18.0 Å². The van der Waals surface area contributed by atoms with Crippen LogP contribution in [-0.2, 0) is 9.53 Å². The van der Waals surface area contributed by atoms with Crippen molar-refractivity contribution >= 4 is 61.4 Å². The number of hydrogen-bond donors (Lipinski definition) is 0. The molecule has 1 atom stereocenters. The first-order valence-corrected chi connectivity index (χ1v) is 10.3. The standard InChI is InChI=1S/C20H16Br2ClNO3/c1-3-11(2)26-18-14(21)8-12(9-15(18)22)10-17-20(25)27-19(24-17)13-6-4-5-7-16(13)23/h4-11H,3H2,1-2H3/b17-10-. The molecular weight excluding hydrogens is 497 g/mol. The Morgan fingerprint density at radius 1 is 1.26 bits per heavy atom. The van der Waals surface area contributed by atoms with Gasteiger partial charge in [-0.3, -0.25) is 0 Å². The number of aliphatic imine (C=N–C) groups is 1. The Kier molecular flexibility index (Phi) is 6.40. The minimum atomic E-state index is -0.517. The monoisotopic (exact) mass is 511 g/mol. The van der Waals surface area contributed by atoms with Gasteiger partial charge in [0, 0.05) is 0 Å². The SMILES string of the molecule is CCC(C)Oc1c(Br)cc(/C=C2\N=C(c3ccccc3Cl)OC2=O)cc1Br. The summed E-state index contributed by atoms with van der Waals surface area (Å²) in [4.78, 5) is 16.5. The Morgan fingerprint density at radius 2 is 1.93 bits per heavy atom. The van der Waals surface area contributed by atoms with Gasteiger partial charge in [-0.05, 0) is 81.1 Å². The first-order chi connectivity index (χ1) is 12.9. The molecule has 2 aromatic rings. The summed E-state index contributed by atoms with van der Waals surface area (Å²) in [7, 11) is 0. The van der Waals surface area contributed by atoms with Crippen molar-refractivity contribution in [2.45, 2.75) is 26.4 Å². The molecule has 0 aromatic heterocycles. The number of carbonyl (C=O) groups is 1. The molecule has 0 bridgehead atoms. The molecule has 0 saturated carbocycles. The fourth-order valence-electron chi connectivity index (χ4n) is 2.38.